The molecular weight excluding hydrogens is 272 g/mol. The highest BCUT2D eigenvalue weighted by molar-refractivity contribution is 5.93. The smallest absolute Gasteiger partial charge is 0.287 e. The number of carbonyl (C=O) groups excluding carboxylic acids is 1. The molecule has 0 unspecified atom stereocenters. The van der Waals surface area contributed by atoms with Crippen molar-refractivity contribution in [2.45, 2.75) is 18.9 Å². The summed E-state index contributed by atoms with van der Waals surface area (Å²) in [6, 6.07) is 5.28. The van der Waals surface area contributed by atoms with Gasteiger partial charge >= 0.3 is 0 Å². The minimum Gasteiger partial charge on any atom is -0.353 e. The van der Waals surface area contributed by atoms with Crippen LogP contribution in [0.3, 0.4) is 0 Å². The number of rotatable bonds is 3. The summed E-state index contributed by atoms with van der Waals surface area (Å²) in [7, 11) is 1.95. The first kappa shape index (κ1) is 13.4. The lowest BCUT2D eigenvalue weighted by Gasteiger charge is -2.24. The van der Waals surface area contributed by atoms with Crippen LogP contribution >= 0.6 is 0 Å². The van der Waals surface area contributed by atoms with Crippen molar-refractivity contribution < 1.29 is 9.72 Å². The van der Waals surface area contributed by atoms with Crippen LogP contribution in [0.4, 0.5) is 5.69 Å². The molecule has 1 saturated heterocycles. The molecule has 7 heteroatoms. The van der Waals surface area contributed by atoms with Crippen LogP contribution in [0.25, 0.3) is 0 Å². The highest BCUT2D eigenvalue weighted by Gasteiger charge is 2.32. The predicted octanol–water partition coefficient (Wildman–Crippen LogP) is 2.24. The third kappa shape index (κ3) is 2.31. The van der Waals surface area contributed by atoms with E-state index < -0.39 is 4.92 Å². The molecule has 0 radical (unpaired) electrons. The Hall–Kier alpha value is -2.57. The lowest BCUT2D eigenvalue weighted by Crippen LogP contribution is -2.31. The van der Waals surface area contributed by atoms with E-state index in [0.29, 0.717) is 6.54 Å². The summed E-state index contributed by atoms with van der Waals surface area (Å²) >= 11 is 0. The SMILES string of the molecule is Cn1cccc1[C@H]1CCCN1C(=O)c1cc([N+](=O)[O-])c[nH]1. The molecule has 1 fully saturated rings. The topological polar surface area (TPSA) is 84.2 Å². The average Bonchev–Trinajstić information content (AvgIpc) is 3.17. The number of nitrogens with one attached hydrogen (secondary N) is 1. The molecule has 1 N–H and O–H groups in total. The first-order chi connectivity index (χ1) is 10.1. The van der Waals surface area contributed by atoms with E-state index in [2.05, 4.69) is 4.98 Å². The Morgan fingerprint density at radius 3 is 2.95 bits per heavy atom. The van der Waals surface area contributed by atoms with Crippen molar-refractivity contribution in [2.24, 2.45) is 7.05 Å². The molecule has 1 atom stereocenters. The van der Waals surface area contributed by atoms with Crippen LogP contribution in [0.1, 0.15) is 35.1 Å². The van der Waals surface area contributed by atoms with Crippen molar-refractivity contribution in [3.05, 3.63) is 52.1 Å². The summed E-state index contributed by atoms with van der Waals surface area (Å²) in [6.45, 7) is 0.668. The van der Waals surface area contributed by atoms with E-state index >= 15 is 0 Å². The van der Waals surface area contributed by atoms with Gasteiger partial charge in [0.25, 0.3) is 11.6 Å². The van der Waals surface area contributed by atoms with Crippen LogP contribution in [-0.2, 0) is 7.05 Å². The number of amides is 1. The largest absolute Gasteiger partial charge is 0.353 e. The predicted molar refractivity (Wildman–Crippen MR) is 75.9 cm³/mol. The minimum atomic E-state index is -0.508. The van der Waals surface area contributed by atoms with E-state index in [9.17, 15) is 14.9 Å². The monoisotopic (exact) mass is 288 g/mol. The van der Waals surface area contributed by atoms with Gasteiger partial charge in [0, 0.05) is 31.5 Å². The average molecular weight is 288 g/mol. The van der Waals surface area contributed by atoms with E-state index in [-0.39, 0.29) is 23.3 Å². The van der Waals surface area contributed by atoms with Gasteiger partial charge in [0.15, 0.2) is 0 Å². The van der Waals surface area contributed by atoms with Crippen LogP contribution in [0.15, 0.2) is 30.6 Å². The molecule has 3 rings (SSSR count). The number of aromatic nitrogens is 2. The Kier molecular flexibility index (Phi) is 3.25. The molecule has 1 aliphatic heterocycles. The highest BCUT2D eigenvalue weighted by atomic mass is 16.6. The fourth-order valence-electron chi connectivity index (χ4n) is 2.90. The number of carbonyl (C=O) groups is 1. The van der Waals surface area contributed by atoms with Crippen molar-refractivity contribution >= 4 is 11.6 Å². The maximum Gasteiger partial charge on any atom is 0.287 e. The highest BCUT2D eigenvalue weighted by Crippen LogP contribution is 2.33. The Labute approximate surface area is 121 Å². The van der Waals surface area contributed by atoms with Gasteiger partial charge in [-0.15, -0.1) is 0 Å². The molecule has 0 aliphatic carbocycles. The fourth-order valence-corrected chi connectivity index (χ4v) is 2.90. The van der Waals surface area contributed by atoms with Crippen LogP contribution in [-0.4, -0.2) is 31.8 Å². The first-order valence-electron chi connectivity index (χ1n) is 6.83. The standard InChI is InChI=1S/C14H16N4O3/c1-16-6-2-4-12(16)13-5-3-7-17(13)14(19)11-8-10(9-15-11)18(20)21/h2,4,6,8-9,13,15H,3,5,7H2,1H3/t13-/m1/s1. The summed E-state index contributed by atoms with van der Waals surface area (Å²) in [5, 5.41) is 10.7. The van der Waals surface area contributed by atoms with Gasteiger partial charge in [-0.2, -0.15) is 0 Å². The zero-order valence-corrected chi connectivity index (χ0v) is 11.7. The molecule has 0 spiro atoms. The van der Waals surface area contributed by atoms with Gasteiger partial charge in [-0.05, 0) is 25.0 Å². The number of H-pyrrole nitrogens is 1. The second-order valence-corrected chi connectivity index (χ2v) is 5.23. The van der Waals surface area contributed by atoms with Gasteiger partial charge in [0.1, 0.15) is 5.69 Å². The van der Waals surface area contributed by atoms with Crippen LogP contribution in [0, 0.1) is 10.1 Å². The number of aryl methyl sites for hydroxylation is 1. The Morgan fingerprint density at radius 1 is 1.52 bits per heavy atom. The molecule has 2 aromatic rings. The molecule has 0 bridgehead atoms. The van der Waals surface area contributed by atoms with Crippen molar-refractivity contribution in [3.8, 4) is 0 Å². The molecule has 1 amide bonds. The summed E-state index contributed by atoms with van der Waals surface area (Å²) < 4.78 is 2.01. The lowest BCUT2D eigenvalue weighted by atomic mass is 10.1. The second-order valence-electron chi connectivity index (χ2n) is 5.23. The third-order valence-electron chi connectivity index (χ3n) is 3.95. The van der Waals surface area contributed by atoms with E-state index in [1.807, 2.05) is 29.9 Å². The normalized spacial score (nSPS) is 18.1. The molecule has 110 valence electrons. The summed E-state index contributed by atoms with van der Waals surface area (Å²) in [4.78, 5) is 27.3. The Bertz CT molecular complexity index is 688. The van der Waals surface area contributed by atoms with Crippen LogP contribution in [0.2, 0.25) is 0 Å². The molecule has 0 aromatic carbocycles. The molecule has 0 saturated carbocycles. The lowest BCUT2D eigenvalue weighted by molar-refractivity contribution is -0.384. The molecule has 7 nitrogen and oxygen atoms in total. The van der Waals surface area contributed by atoms with E-state index in [1.165, 1.54) is 12.3 Å². The van der Waals surface area contributed by atoms with E-state index in [4.69, 9.17) is 0 Å². The van der Waals surface area contributed by atoms with Gasteiger partial charge < -0.3 is 14.5 Å². The fraction of sp³-hybridized carbons (Fsp3) is 0.357. The van der Waals surface area contributed by atoms with E-state index in [1.54, 1.807) is 4.90 Å². The molecular formula is C14H16N4O3. The summed E-state index contributed by atoms with van der Waals surface area (Å²) in [5.74, 6) is -0.188. The van der Waals surface area contributed by atoms with E-state index in [0.717, 1.165) is 18.5 Å². The molecule has 1 aliphatic rings. The number of nitrogens with zero attached hydrogens (tertiary/aromatic N) is 3. The minimum absolute atomic E-state index is 0.0276. The van der Waals surface area contributed by atoms with Gasteiger partial charge in [0.2, 0.25) is 0 Å². The number of nitro groups is 1. The number of aromatic amines is 1. The van der Waals surface area contributed by atoms with Gasteiger partial charge in [-0.3, -0.25) is 14.9 Å². The first-order valence-corrected chi connectivity index (χ1v) is 6.83. The summed E-state index contributed by atoms with van der Waals surface area (Å²) in [6.07, 6.45) is 5.05. The molecule has 3 heterocycles. The second kappa shape index (κ2) is 5.08. The zero-order valence-electron chi connectivity index (χ0n) is 11.7. The van der Waals surface area contributed by atoms with Gasteiger partial charge in [-0.1, -0.05) is 0 Å². The number of likely N-dealkylation sites (tertiary alicyclic amines) is 1. The van der Waals surface area contributed by atoms with Crippen molar-refractivity contribution in [3.63, 3.8) is 0 Å². The Morgan fingerprint density at radius 2 is 2.33 bits per heavy atom. The van der Waals surface area contributed by atoms with Crippen molar-refractivity contribution in [1.82, 2.24) is 14.5 Å². The zero-order chi connectivity index (χ0) is 15.0. The van der Waals surface area contributed by atoms with Crippen LogP contribution in [0.5, 0.6) is 0 Å². The molecule has 2 aromatic heterocycles. The molecule has 21 heavy (non-hydrogen) atoms. The number of hydrogen-bond acceptors (Lipinski definition) is 3. The van der Waals surface area contributed by atoms with Gasteiger partial charge in [0.05, 0.1) is 17.2 Å². The quantitative estimate of drug-likeness (QED) is 0.694. The van der Waals surface area contributed by atoms with Crippen molar-refractivity contribution in [2.75, 3.05) is 6.54 Å². The number of hydrogen-bond donors (Lipinski definition) is 1. The van der Waals surface area contributed by atoms with Crippen molar-refractivity contribution in [1.29, 1.82) is 0 Å². The Balaban J connectivity index is 1.86. The summed E-state index contributed by atoms with van der Waals surface area (Å²) in [5.41, 5.74) is 1.26. The third-order valence-corrected chi connectivity index (χ3v) is 3.95. The maximum absolute atomic E-state index is 12.6. The van der Waals surface area contributed by atoms with Crippen LogP contribution < -0.4 is 0 Å². The maximum atomic E-state index is 12.6. The van der Waals surface area contributed by atoms with Gasteiger partial charge in [-0.25, -0.2) is 0 Å².